The summed E-state index contributed by atoms with van der Waals surface area (Å²) in [5.74, 6) is 0.180. The Morgan fingerprint density at radius 3 is 2.00 bits per heavy atom. The molecule has 7 heteroatoms. The lowest BCUT2D eigenvalue weighted by Crippen LogP contribution is -2.16. The second-order valence-electron chi connectivity index (χ2n) is 3.40. The van der Waals surface area contributed by atoms with E-state index < -0.39 is 7.60 Å². The molecule has 74 valence electrons. The molecule has 0 amide bonds. The van der Waals surface area contributed by atoms with Crippen LogP contribution in [0.5, 0.6) is 5.75 Å². The summed E-state index contributed by atoms with van der Waals surface area (Å²) in [5.41, 5.74) is 1.81. The van der Waals surface area contributed by atoms with Gasteiger partial charge in [-0.25, -0.2) is 0 Å². The van der Waals surface area contributed by atoms with Crippen molar-refractivity contribution in [2.24, 2.45) is 0 Å². The van der Waals surface area contributed by atoms with Gasteiger partial charge in [0, 0.05) is 0 Å². The fourth-order valence-corrected chi connectivity index (χ4v) is 2.03. The van der Waals surface area contributed by atoms with Gasteiger partial charge in [0.25, 0.3) is 0 Å². The zero-order valence-electron chi connectivity index (χ0n) is 8.06. The minimum Gasteiger partial charge on any atom is -0.509 e. The Balaban J connectivity index is 3.08. The van der Waals surface area contributed by atoms with E-state index in [-0.39, 0.29) is 11.9 Å². The van der Waals surface area contributed by atoms with E-state index in [1.165, 1.54) is 0 Å². The highest BCUT2D eigenvalue weighted by Crippen LogP contribution is 2.38. The van der Waals surface area contributed by atoms with E-state index in [1.54, 1.807) is 27.8 Å². The molecular formula is C7H11B2O4P. The van der Waals surface area contributed by atoms with Crippen molar-refractivity contribution in [1.82, 2.24) is 0 Å². The van der Waals surface area contributed by atoms with Crippen molar-refractivity contribution in [3.05, 3.63) is 17.7 Å². The Hall–Kier alpha value is -0.700. The van der Waals surface area contributed by atoms with Crippen LogP contribution < -0.4 is 10.9 Å². The van der Waals surface area contributed by atoms with E-state index in [4.69, 9.17) is 9.79 Å². The highest BCUT2D eigenvalue weighted by atomic mass is 31.2. The summed E-state index contributed by atoms with van der Waals surface area (Å²) in [5, 5.41) is 9.44. The Morgan fingerprint density at radius 2 is 1.64 bits per heavy atom. The topological polar surface area (TPSA) is 77.8 Å². The summed E-state index contributed by atoms with van der Waals surface area (Å²) >= 11 is 0. The van der Waals surface area contributed by atoms with Crippen LogP contribution in [0.4, 0.5) is 0 Å². The molecule has 0 radical (unpaired) electrons. The number of aromatic hydroxyl groups is 1. The molecule has 1 rings (SSSR count). The Labute approximate surface area is 83.9 Å². The largest absolute Gasteiger partial charge is 0.509 e. The van der Waals surface area contributed by atoms with E-state index in [9.17, 15) is 9.67 Å². The standard InChI is InChI=1S/C7H11B2O4P/c8-5-1-4(3-14(11,12)13)2-6(9)7(5)10/h1-2,10H,3,8-9H2,(H2,11,12,13). The fourth-order valence-electron chi connectivity index (χ4n) is 1.37. The molecule has 0 aliphatic carbocycles. The van der Waals surface area contributed by atoms with Crippen LogP contribution in [0.2, 0.25) is 0 Å². The lowest BCUT2D eigenvalue weighted by molar-refractivity contribution is 0.371. The molecule has 0 heterocycles. The zero-order chi connectivity index (χ0) is 10.9. The van der Waals surface area contributed by atoms with Crippen LogP contribution in [-0.4, -0.2) is 30.6 Å². The fraction of sp³-hybridized carbons (Fsp3) is 0.143. The van der Waals surface area contributed by atoms with E-state index in [2.05, 4.69) is 0 Å². The summed E-state index contributed by atoms with van der Waals surface area (Å²) in [6.45, 7) is 0. The molecule has 0 saturated carbocycles. The quantitative estimate of drug-likeness (QED) is 0.376. The molecule has 0 bridgehead atoms. The second kappa shape index (κ2) is 3.81. The molecule has 14 heavy (non-hydrogen) atoms. The molecule has 1 aromatic carbocycles. The van der Waals surface area contributed by atoms with Crippen LogP contribution in [0.3, 0.4) is 0 Å². The molecule has 4 nitrogen and oxygen atoms in total. The number of hydrogen-bond acceptors (Lipinski definition) is 2. The van der Waals surface area contributed by atoms with Crippen molar-refractivity contribution in [3.8, 4) is 5.75 Å². The normalized spacial score (nSPS) is 11.6. The third-order valence-electron chi connectivity index (χ3n) is 1.94. The summed E-state index contributed by atoms with van der Waals surface area (Å²) in [6, 6.07) is 3.17. The maximum absolute atomic E-state index is 10.7. The summed E-state index contributed by atoms with van der Waals surface area (Å²) < 4.78 is 10.7. The van der Waals surface area contributed by atoms with Gasteiger partial charge in [-0.3, -0.25) is 4.57 Å². The van der Waals surface area contributed by atoms with Gasteiger partial charge in [-0.2, -0.15) is 0 Å². The Bertz CT molecular complexity index is 378. The molecule has 0 aromatic heterocycles. The Morgan fingerprint density at radius 1 is 1.21 bits per heavy atom. The van der Waals surface area contributed by atoms with Crippen LogP contribution in [0, 0.1) is 0 Å². The summed E-state index contributed by atoms with van der Waals surface area (Å²) in [6.07, 6.45) is -0.283. The van der Waals surface area contributed by atoms with Gasteiger partial charge in [0.15, 0.2) is 0 Å². The number of rotatable bonds is 2. The van der Waals surface area contributed by atoms with Crippen molar-refractivity contribution in [2.45, 2.75) is 6.16 Å². The van der Waals surface area contributed by atoms with Crippen molar-refractivity contribution in [1.29, 1.82) is 0 Å². The summed E-state index contributed by atoms with van der Waals surface area (Å²) in [4.78, 5) is 17.5. The van der Waals surface area contributed by atoms with E-state index in [0.29, 0.717) is 16.5 Å². The predicted octanol–water partition coefficient (Wildman–Crippen LogP) is -2.41. The van der Waals surface area contributed by atoms with E-state index in [0.717, 1.165) is 0 Å². The maximum atomic E-state index is 10.7. The van der Waals surface area contributed by atoms with Gasteiger partial charge in [0.2, 0.25) is 0 Å². The molecule has 0 unspecified atom stereocenters. The van der Waals surface area contributed by atoms with E-state index in [1.807, 2.05) is 0 Å². The van der Waals surface area contributed by atoms with Crippen LogP contribution in [0.15, 0.2) is 12.1 Å². The van der Waals surface area contributed by atoms with Gasteiger partial charge >= 0.3 is 7.60 Å². The zero-order valence-corrected chi connectivity index (χ0v) is 8.95. The average molecular weight is 212 g/mol. The third-order valence-corrected chi connectivity index (χ3v) is 2.72. The third kappa shape index (κ3) is 2.91. The number of phenols is 1. The van der Waals surface area contributed by atoms with Crippen molar-refractivity contribution in [2.75, 3.05) is 0 Å². The Kier molecular flexibility index (Phi) is 3.10. The van der Waals surface area contributed by atoms with Gasteiger partial charge in [-0.15, -0.1) is 0 Å². The molecule has 0 aliphatic rings. The minimum absolute atomic E-state index is 0.180. The SMILES string of the molecule is Bc1cc(CP(=O)(O)O)cc(B)c1O. The van der Waals surface area contributed by atoms with E-state index >= 15 is 0 Å². The van der Waals surface area contributed by atoms with Crippen molar-refractivity contribution < 1.29 is 19.5 Å². The number of phenolic OH excluding ortho intramolecular Hbond substituents is 1. The monoisotopic (exact) mass is 212 g/mol. The molecule has 0 aliphatic heterocycles. The molecular weight excluding hydrogens is 201 g/mol. The first-order valence-corrected chi connectivity index (χ1v) is 5.93. The lowest BCUT2D eigenvalue weighted by atomic mass is 9.84. The smallest absolute Gasteiger partial charge is 0.329 e. The molecule has 1 aromatic rings. The van der Waals surface area contributed by atoms with Gasteiger partial charge in [0.1, 0.15) is 21.4 Å². The van der Waals surface area contributed by atoms with Crippen molar-refractivity contribution in [3.63, 3.8) is 0 Å². The molecule has 0 saturated heterocycles. The predicted molar refractivity (Wildman–Crippen MR) is 60.2 cm³/mol. The highest BCUT2D eigenvalue weighted by molar-refractivity contribution is 7.50. The minimum atomic E-state index is -4.02. The van der Waals surface area contributed by atoms with Crippen LogP contribution in [-0.2, 0) is 10.7 Å². The average Bonchev–Trinajstić information content (AvgIpc) is 1.96. The van der Waals surface area contributed by atoms with Crippen LogP contribution >= 0.6 is 7.60 Å². The summed E-state index contributed by atoms with van der Waals surface area (Å²) in [7, 11) is -0.624. The first kappa shape index (κ1) is 11.4. The number of hydrogen-bond donors (Lipinski definition) is 3. The van der Waals surface area contributed by atoms with Crippen molar-refractivity contribution >= 4 is 34.2 Å². The van der Waals surface area contributed by atoms with Crippen LogP contribution in [0.1, 0.15) is 5.56 Å². The first-order chi connectivity index (χ1) is 6.29. The second-order valence-corrected chi connectivity index (χ2v) is 5.05. The van der Waals surface area contributed by atoms with Gasteiger partial charge in [-0.1, -0.05) is 12.1 Å². The highest BCUT2D eigenvalue weighted by Gasteiger charge is 2.15. The first-order valence-electron chi connectivity index (χ1n) is 4.13. The molecule has 0 spiro atoms. The number of benzene rings is 1. The van der Waals surface area contributed by atoms with Gasteiger partial charge in [-0.05, 0) is 16.5 Å². The molecule has 0 atom stereocenters. The lowest BCUT2D eigenvalue weighted by Gasteiger charge is -2.09. The van der Waals surface area contributed by atoms with Gasteiger partial charge < -0.3 is 14.9 Å². The molecule has 3 N–H and O–H groups in total. The van der Waals surface area contributed by atoms with Crippen LogP contribution in [0.25, 0.3) is 0 Å². The van der Waals surface area contributed by atoms with Gasteiger partial charge in [0.05, 0.1) is 6.16 Å². The maximum Gasteiger partial charge on any atom is 0.329 e. The molecule has 0 fully saturated rings.